The quantitative estimate of drug-likeness (QED) is 0.599. The highest BCUT2D eigenvalue weighted by molar-refractivity contribution is 7.52. The first-order valence-electron chi connectivity index (χ1n) is 8.72. The fraction of sp³-hybridized carbons (Fsp3) is 0.350. The van der Waals surface area contributed by atoms with E-state index in [2.05, 4.69) is 0 Å². The lowest BCUT2D eigenvalue weighted by Crippen LogP contribution is -2.17. The van der Waals surface area contributed by atoms with E-state index in [1.807, 2.05) is 18.2 Å². The van der Waals surface area contributed by atoms with E-state index in [1.54, 1.807) is 36.4 Å². The van der Waals surface area contributed by atoms with Crippen LogP contribution in [0.2, 0.25) is 0 Å². The van der Waals surface area contributed by atoms with Gasteiger partial charge in [0.25, 0.3) is 0 Å². The summed E-state index contributed by atoms with van der Waals surface area (Å²) in [6.45, 7) is 0. The van der Waals surface area contributed by atoms with Gasteiger partial charge in [0.05, 0.1) is 5.66 Å². The number of rotatable bonds is 5. The number of hydrogen-bond donors (Lipinski definition) is 2. The van der Waals surface area contributed by atoms with Gasteiger partial charge in [-0.2, -0.15) is 0 Å². The van der Waals surface area contributed by atoms with E-state index in [0.29, 0.717) is 16.7 Å². The Morgan fingerprint density at radius 2 is 1.44 bits per heavy atom. The summed E-state index contributed by atoms with van der Waals surface area (Å²) < 4.78 is 12.1. The Morgan fingerprint density at radius 1 is 0.880 bits per heavy atom. The first kappa shape index (κ1) is 18.1. The highest BCUT2D eigenvalue weighted by Crippen LogP contribution is 2.58. The maximum atomic E-state index is 12.5. The lowest BCUT2D eigenvalue weighted by atomic mass is 9.84. The van der Waals surface area contributed by atoms with Gasteiger partial charge in [-0.1, -0.05) is 73.9 Å². The van der Waals surface area contributed by atoms with E-state index in [1.165, 1.54) is 0 Å². The number of benzene rings is 2. The molecule has 1 saturated carbocycles. The van der Waals surface area contributed by atoms with Crippen molar-refractivity contribution in [3.8, 4) is 0 Å². The molecule has 1 aliphatic rings. The van der Waals surface area contributed by atoms with Gasteiger partial charge in [-0.15, -0.1) is 0 Å². The van der Waals surface area contributed by atoms with Crippen molar-refractivity contribution in [2.75, 3.05) is 0 Å². The lowest BCUT2D eigenvalue weighted by Gasteiger charge is -2.31. The summed E-state index contributed by atoms with van der Waals surface area (Å²) in [4.78, 5) is 32.2. The summed E-state index contributed by atoms with van der Waals surface area (Å²) in [6.07, 6.45) is 4.87. The van der Waals surface area contributed by atoms with Crippen LogP contribution in [0.1, 0.15) is 59.2 Å². The molecule has 0 bridgehead atoms. The van der Waals surface area contributed by atoms with Crippen molar-refractivity contribution in [1.29, 1.82) is 0 Å². The summed E-state index contributed by atoms with van der Waals surface area (Å²) >= 11 is 0. The van der Waals surface area contributed by atoms with Gasteiger partial charge in [-0.05, 0) is 24.3 Å². The maximum Gasteiger partial charge on any atom is 0.333 e. The van der Waals surface area contributed by atoms with E-state index in [-0.39, 0.29) is 11.7 Å². The Morgan fingerprint density at radius 3 is 2.00 bits per heavy atom. The van der Waals surface area contributed by atoms with Crippen LogP contribution < -0.4 is 0 Å². The minimum Gasteiger partial charge on any atom is -0.324 e. The second-order valence-electron chi connectivity index (χ2n) is 6.75. The van der Waals surface area contributed by atoms with E-state index >= 15 is 0 Å². The SMILES string of the molecule is O=C(c1ccccc1)c1ccc(C(C2CCCCC2)P(=O)(O)O)cc1. The molecule has 0 heterocycles. The first-order valence-corrected chi connectivity index (χ1v) is 10.4. The van der Waals surface area contributed by atoms with Crippen molar-refractivity contribution in [3.63, 3.8) is 0 Å². The smallest absolute Gasteiger partial charge is 0.324 e. The first-order chi connectivity index (χ1) is 12.0. The van der Waals surface area contributed by atoms with Crippen LogP contribution in [0.3, 0.4) is 0 Å². The molecule has 0 saturated heterocycles. The Kier molecular flexibility index (Phi) is 5.53. The molecule has 132 valence electrons. The van der Waals surface area contributed by atoms with Crippen LogP contribution in [-0.2, 0) is 4.57 Å². The average Bonchev–Trinajstić information content (AvgIpc) is 2.62. The van der Waals surface area contributed by atoms with Crippen LogP contribution in [0.4, 0.5) is 0 Å². The van der Waals surface area contributed by atoms with E-state index in [9.17, 15) is 19.1 Å². The maximum absolute atomic E-state index is 12.5. The van der Waals surface area contributed by atoms with Crippen LogP contribution in [0.5, 0.6) is 0 Å². The molecule has 0 aromatic heterocycles. The second-order valence-corrected chi connectivity index (χ2v) is 8.48. The van der Waals surface area contributed by atoms with Crippen molar-refractivity contribution in [3.05, 3.63) is 71.3 Å². The summed E-state index contributed by atoms with van der Waals surface area (Å²) in [5, 5.41) is 0. The van der Waals surface area contributed by atoms with Gasteiger partial charge in [0, 0.05) is 11.1 Å². The fourth-order valence-electron chi connectivity index (χ4n) is 3.78. The molecule has 1 unspecified atom stereocenters. The standard InChI is InChI=1S/C20H23O4P/c21-19(15-7-3-1-4-8-15)16-11-13-18(14-12-16)20(25(22,23)24)17-9-5-2-6-10-17/h1,3-4,7-8,11-14,17,20H,2,5-6,9-10H2,(H2,22,23,24). The van der Waals surface area contributed by atoms with Gasteiger partial charge >= 0.3 is 7.60 Å². The van der Waals surface area contributed by atoms with E-state index in [4.69, 9.17) is 0 Å². The van der Waals surface area contributed by atoms with Crippen LogP contribution in [0.25, 0.3) is 0 Å². The van der Waals surface area contributed by atoms with E-state index < -0.39 is 13.3 Å². The number of ketones is 1. The zero-order chi connectivity index (χ0) is 17.9. The average molecular weight is 358 g/mol. The largest absolute Gasteiger partial charge is 0.333 e. The van der Waals surface area contributed by atoms with Crippen molar-refractivity contribution >= 4 is 13.4 Å². The van der Waals surface area contributed by atoms with Crippen LogP contribution in [0.15, 0.2) is 54.6 Å². The molecule has 1 fully saturated rings. The molecular weight excluding hydrogens is 335 g/mol. The summed E-state index contributed by atoms with van der Waals surface area (Å²) in [7, 11) is -4.25. The minimum absolute atomic E-state index is 0.00487. The molecule has 3 rings (SSSR count). The van der Waals surface area contributed by atoms with Crippen molar-refractivity contribution in [2.24, 2.45) is 5.92 Å². The molecule has 2 N–H and O–H groups in total. The third-order valence-corrected chi connectivity index (χ3v) is 6.45. The summed E-state index contributed by atoms with van der Waals surface area (Å²) in [5.41, 5.74) is 0.996. The fourth-order valence-corrected chi connectivity index (χ4v) is 5.19. The highest BCUT2D eigenvalue weighted by atomic mass is 31.2. The van der Waals surface area contributed by atoms with Gasteiger partial charge < -0.3 is 9.79 Å². The lowest BCUT2D eigenvalue weighted by molar-refractivity contribution is 0.103. The summed E-state index contributed by atoms with van der Waals surface area (Å²) in [5.74, 6) is -0.0807. The predicted octanol–water partition coefficient (Wildman–Crippen LogP) is 4.72. The van der Waals surface area contributed by atoms with Crippen molar-refractivity contribution in [2.45, 2.75) is 37.8 Å². The minimum atomic E-state index is -4.25. The highest BCUT2D eigenvalue weighted by Gasteiger charge is 2.37. The molecule has 2 aromatic carbocycles. The molecule has 0 spiro atoms. The molecule has 5 heteroatoms. The zero-order valence-electron chi connectivity index (χ0n) is 14.0. The normalized spacial score (nSPS) is 17.2. The Balaban J connectivity index is 1.86. The Hall–Kier alpha value is -1.74. The molecule has 4 nitrogen and oxygen atoms in total. The Labute approximate surface area is 148 Å². The van der Waals surface area contributed by atoms with Gasteiger partial charge in [-0.25, -0.2) is 0 Å². The van der Waals surface area contributed by atoms with Gasteiger partial charge in [0.2, 0.25) is 0 Å². The predicted molar refractivity (Wildman–Crippen MR) is 97.7 cm³/mol. The third kappa shape index (κ3) is 4.27. The summed E-state index contributed by atoms with van der Waals surface area (Å²) in [6, 6.07) is 15.8. The Bertz CT molecular complexity index is 758. The van der Waals surface area contributed by atoms with Crippen LogP contribution in [0, 0.1) is 5.92 Å². The van der Waals surface area contributed by atoms with Gasteiger partial charge in [0.1, 0.15) is 0 Å². The van der Waals surface area contributed by atoms with Crippen molar-refractivity contribution < 1.29 is 19.1 Å². The molecule has 0 aliphatic heterocycles. The molecule has 0 amide bonds. The molecule has 0 radical (unpaired) electrons. The van der Waals surface area contributed by atoms with Crippen LogP contribution >= 0.6 is 7.60 Å². The van der Waals surface area contributed by atoms with Crippen LogP contribution in [-0.4, -0.2) is 15.6 Å². The molecule has 25 heavy (non-hydrogen) atoms. The second kappa shape index (κ2) is 7.65. The zero-order valence-corrected chi connectivity index (χ0v) is 14.9. The monoisotopic (exact) mass is 358 g/mol. The number of carbonyl (C=O) groups is 1. The number of hydrogen-bond acceptors (Lipinski definition) is 2. The van der Waals surface area contributed by atoms with Gasteiger partial charge in [-0.3, -0.25) is 9.36 Å². The number of carbonyl (C=O) groups excluding carboxylic acids is 1. The molecule has 1 aliphatic carbocycles. The molecular formula is C20H23O4P. The topological polar surface area (TPSA) is 74.6 Å². The third-order valence-electron chi connectivity index (χ3n) is 5.01. The van der Waals surface area contributed by atoms with Gasteiger partial charge in [0.15, 0.2) is 5.78 Å². The molecule has 1 atom stereocenters. The van der Waals surface area contributed by atoms with Crippen molar-refractivity contribution in [1.82, 2.24) is 0 Å². The molecule has 2 aromatic rings. The van der Waals surface area contributed by atoms with E-state index in [0.717, 1.165) is 32.1 Å².